The normalized spacial score (nSPS) is 25.7. The molecule has 1 fully saturated rings. The van der Waals surface area contributed by atoms with Gasteiger partial charge >= 0.3 is 0 Å². The first-order valence-electron chi connectivity index (χ1n) is 8.53. The molecule has 0 bridgehead atoms. The maximum Gasteiger partial charge on any atom is 0.241 e. The van der Waals surface area contributed by atoms with E-state index in [1.165, 1.54) is 0 Å². The van der Waals surface area contributed by atoms with Crippen LogP contribution >= 0.6 is 0 Å². The molecule has 0 spiro atoms. The van der Waals surface area contributed by atoms with Gasteiger partial charge in [-0.2, -0.15) is 0 Å². The van der Waals surface area contributed by atoms with E-state index in [2.05, 4.69) is 44.8 Å². The van der Waals surface area contributed by atoms with Gasteiger partial charge in [-0.1, -0.05) is 47.5 Å². The maximum absolute atomic E-state index is 12.9. The summed E-state index contributed by atoms with van der Waals surface area (Å²) in [6, 6.07) is 0.160. The Morgan fingerprint density at radius 1 is 1.29 bits per heavy atom. The first kappa shape index (κ1) is 18.4. The van der Waals surface area contributed by atoms with Crippen molar-refractivity contribution >= 4 is 5.91 Å². The molecule has 0 aromatic rings. The second-order valence-electron chi connectivity index (χ2n) is 6.82. The molecule has 124 valence electrons. The van der Waals surface area contributed by atoms with Crippen molar-refractivity contribution in [2.45, 2.75) is 78.6 Å². The summed E-state index contributed by atoms with van der Waals surface area (Å²) in [7, 11) is 1.72. The molecule has 0 radical (unpaired) electrons. The van der Waals surface area contributed by atoms with Gasteiger partial charge in [0.05, 0.1) is 24.9 Å². The van der Waals surface area contributed by atoms with E-state index < -0.39 is 0 Å². The van der Waals surface area contributed by atoms with Crippen LogP contribution in [0.5, 0.6) is 0 Å². The Labute approximate surface area is 130 Å². The van der Waals surface area contributed by atoms with Crippen LogP contribution in [0.4, 0.5) is 0 Å². The molecule has 1 aliphatic heterocycles. The van der Waals surface area contributed by atoms with E-state index >= 15 is 0 Å². The summed E-state index contributed by atoms with van der Waals surface area (Å²) in [5.41, 5.74) is 0. The highest BCUT2D eigenvalue weighted by Gasteiger charge is 2.43. The molecule has 0 aromatic heterocycles. The van der Waals surface area contributed by atoms with Crippen LogP contribution in [0.1, 0.15) is 60.3 Å². The van der Waals surface area contributed by atoms with Crippen LogP contribution in [0.3, 0.4) is 0 Å². The van der Waals surface area contributed by atoms with Gasteiger partial charge in [0.25, 0.3) is 0 Å². The molecule has 4 atom stereocenters. The number of amides is 1. The Balaban J connectivity index is 2.94. The molecule has 0 aliphatic carbocycles. The number of rotatable bonds is 9. The second-order valence-corrected chi connectivity index (χ2v) is 6.82. The third-order valence-corrected chi connectivity index (χ3v) is 4.51. The van der Waals surface area contributed by atoms with E-state index in [9.17, 15) is 4.79 Å². The van der Waals surface area contributed by atoms with Crippen LogP contribution in [0, 0.1) is 11.8 Å². The zero-order valence-corrected chi connectivity index (χ0v) is 14.7. The molecular formula is C17H34N2O2. The number of methoxy groups -OCH3 is 1. The minimum Gasteiger partial charge on any atom is -0.383 e. The number of carbonyl (C=O) groups is 1. The highest BCUT2D eigenvalue weighted by atomic mass is 16.5. The Hall–Kier alpha value is -0.610. The van der Waals surface area contributed by atoms with E-state index in [-0.39, 0.29) is 24.2 Å². The predicted octanol–water partition coefficient (Wildman–Crippen LogP) is 3.02. The molecule has 21 heavy (non-hydrogen) atoms. The third kappa shape index (κ3) is 4.68. The summed E-state index contributed by atoms with van der Waals surface area (Å²) in [4.78, 5) is 15.0. The molecule has 4 nitrogen and oxygen atoms in total. The average Bonchev–Trinajstić information content (AvgIpc) is 2.73. The van der Waals surface area contributed by atoms with Crippen LogP contribution in [0.2, 0.25) is 0 Å². The van der Waals surface area contributed by atoms with Gasteiger partial charge in [-0.25, -0.2) is 0 Å². The minimum atomic E-state index is -0.0324. The Kier molecular flexibility index (Phi) is 7.67. The lowest BCUT2D eigenvalue weighted by Gasteiger charge is -2.33. The molecule has 1 N–H and O–H groups in total. The Morgan fingerprint density at radius 2 is 1.95 bits per heavy atom. The van der Waals surface area contributed by atoms with Gasteiger partial charge in [0.2, 0.25) is 5.91 Å². The Bertz CT molecular complexity index is 314. The molecule has 0 saturated carbocycles. The van der Waals surface area contributed by atoms with E-state index in [0.29, 0.717) is 18.4 Å². The molecule has 1 amide bonds. The van der Waals surface area contributed by atoms with Crippen molar-refractivity contribution in [1.29, 1.82) is 0 Å². The van der Waals surface area contributed by atoms with Crippen molar-refractivity contribution in [3.63, 3.8) is 0 Å². The van der Waals surface area contributed by atoms with E-state index in [1.807, 2.05) is 0 Å². The molecule has 4 unspecified atom stereocenters. The van der Waals surface area contributed by atoms with Crippen molar-refractivity contribution < 1.29 is 9.53 Å². The summed E-state index contributed by atoms with van der Waals surface area (Å²) in [6.07, 6.45) is 4.25. The molecular weight excluding hydrogens is 264 g/mol. The largest absolute Gasteiger partial charge is 0.383 e. The lowest BCUT2D eigenvalue weighted by molar-refractivity contribution is -0.134. The van der Waals surface area contributed by atoms with Crippen molar-refractivity contribution in [2.24, 2.45) is 11.8 Å². The highest BCUT2D eigenvalue weighted by molar-refractivity contribution is 5.85. The molecule has 1 heterocycles. The molecule has 1 saturated heterocycles. The standard InChI is InChI=1S/C17H34N2O2/c1-7-9-14(11-21-6)19-15(10-12(3)4)18-16(17(19)20)13(5)8-2/h12-16,18H,7-11H2,1-6H3. The minimum absolute atomic E-state index is 0.0324. The van der Waals surface area contributed by atoms with Crippen molar-refractivity contribution in [1.82, 2.24) is 10.2 Å². The zero-order chi connectivity index (χ0) is 16.0. The van der Waals surface area contributed by atoms with Gasteiger partial charge in [0, 0.05) is 7.11 Å². The lowest BCUT2D eigenvalue weighted by atomic mass is 9.99. The average molecular weight is 298 g/mol. The highest BCUT2D eigenvalue weighted by Crippen LogP contribution is 2.26. The summed E-state index contributed by atoms with van der Waals surface area (Å²) in [6.45, 7) is 11.5. The van der Waals surface area contributed by atoms with Gasteiger partial charge in [0.1, 0.15) is 0 Å². The van der Waals surface area contributed by atoms with Crippen LogP contribution in [-0.4, -0.2) is 42.8 Å². The smallest absolute Gasteiger partial charge is 0.241 e. The maximum atomic E-state index is 12.9. The van der Waals surface area contributed by atoms with Crippen LogP contribution in [-0.2, 0) is 9.53 Å². The lowest BCUT2D eigenvalue weighted by Crippen LogP contribution is -2.47. The number of nitrogens with zero attached hydrogens (tertiary/aromatic N) is 1. The van der Waals surface area contributed by atoms with E-state index in [1.54, 1.807) is 7.11 Å². The predicted molar refractivity (Wildman–Crippen MR) is 87.0 cm³/mol. The quantitative estimate of drug-likeness (QED) is 0.711. The van der Waals surface area contributed by atoms with Gasteiger partial charge in [-0.05, 0) is 24.7 Å². The number of nitrogens with one attached hydrogen (secondary N) is 1. The fraction of sp³-hybridized carbons (Fsp3) is 0.941. The summed E-state index contributed by atoms with van der Waals surface area (Å²) in [5, 5.41) is 3.59. The number of ether oxygens (including phenoxy) is 1. The molecule has 1 aliphatic rings. The van der Waals surface area contributed by atoms with E-state index in [4.69, 9.17) is 4.74 Å². The molecule has 0 aromatic carbocycles. The molecule has 4 heteroatoms. The number of carbonyl (C=O) groups excluding carboxylic acids is 1. The second kappa shape index (κ2) is 8.74. The SMILES string of the molecule is CCCC(COC)N1C(=O)C(C(C)CC)NC1CC(C)C. The Morgan fingerprint density at radius 3 is 2.43 bits per heavy atom. The number of hydrogen-bond acceptors (Lipinski definition) is 3. The number of hydrogen-bond donors (Lipinski definition) is 1. The first-order chi connectivity index (χ1) is 9.96. The third-order valence-electron chi connectivity index (χ3n) is 4.51. The van der Waals surface area contributed by atoms with Gasteiger partial charge < -0.3 is 9.64 Å². The van der Waals surface area contributed by atoms with Crippen molar-refractivity contribution in [3.05, 3.63) is 0 Å². The zero-order valence-electron chi connectivity index (χ0n) is 14.7. The van der Waals surface area contributed by atoms with Crippen molar-refractivity contribution in [2.75, 3.05) is 13.7 Å². The summed E-state index contributed by atoms with van der Waals surface area (Å²) >= 11 is 0. The van der Waals surface area contributed by atoms with Crippen LogP contribution in [0.25, 0.3) is 0 Å². The van der Waals surface area contributed by atoms with Crippen LogP contribution < -0.4 is 5.32 Å². The summed E-state index contributed by atoms with van der Waals surface area (Å²) in [5.74, 6) is 1.21. The first-order valence-corrected chi connectivity index (χ1v) is 8.53. The fourth-order valence-corrected chi connectivity index (χ4v) is 3.21. The van der Waals surface area contributed by atoms with Gasteiger partial charge in [-0.15, -0.1) is 0 Å². The monoisotopic (exact) mass is 298 g/mol. The van der Waals surface area contributed by atoms with Crippen molar-refractivity contribution in [3.8, 4) is 0 Å². The van der Waals surface area contributed by atoms with Crippen LogP contribution in [0.15, 0.2) is 0 Å². The topological polar surface area (TPSA) is 41.6 Å². The molecule has 1 rings (SSSR count). The fourth-order valence-electron chi connectivity index (χ4n) is 3.21. The van der Waals surface area contributed by atoms with Gasteiger partial charge in [0.15, 0.2) is 0 Å². The van der Waals surface area contributed by atoms with Gasteiger partial charge in [-0.3, -0.25) is 10.1 Å². The summed E-state index contributed by atoms with van der Waals surface area (Å²) < 4.78 is 5.37. The van der Waals surface area contributed by atoms with E-state index in [0.717, 1.165) is 25.7 Å².